The summed E-state index contributed by atoms with van der Waals surface area (Å²) < 4.78 is 0. The molecule has 7 heteroatoms. The number of hydrogen-bond acceptors (Lipinski definition) is 3. The molecule has 1 N–H and O–H groups in total. The van der Waals surface area contributed by atoms with E-state index in [9.17, 15) is 4.79 Å². The van der Waals surface area contributed by atoms with Crippen LogP contribution in [0.1, 0.15) is 12.5 Å². The number of anilines is 1. The molecule has 25 heavy (non-hydrogen) atoms. The van der Waals surface area contributed by atoms with Crippen LogP contribution in [-0.4, -0.2) is 37.5 Å². The molecule has 0 bridgehead atoms. The van der Waals surface area contributed by atoms with Gasteiger partial charge in [-0.25, -0.2) is 4.99 Å². The van der Waals surface area contributed by atoms with Crippen molar-refractivity contribution >= 4 is 58.7 Å². The Kier molecular flexibility index (Phi) is 6.56. The van der Waals surface area contributed by atoms with Crippen LogP contribution in [0.15, 0.2) is 46.4 Å². The lowest BCUT2D eigenvalue weighted by atomic mass is 10.2. The van der Waals surface area contributed by atoms with Gasteiger partial charge in [-0.2, -0.15) is 0 Å². The largest absolute Gasteiger partial charge is 0.369 e. The van der Waals surface area contributed by atoms with Crippen molar-refractivity contribution < 1.29 is 4.79 Å². The van der Waals surface area contributed by atoms with E-state index in [2.05, 4.69) is 15.3 Å². The molecule has 0 radical (unpaired) electrons. The zero-order chi connectivity index (χ0) is 18.4. The summed E-state index contributed by atoms with van der Waals surface area (Å²) in [5.41, 5.74) is 2.76. The molecule has 2 aromatic carbocycles. The molecule has 0 aliphatic heterocycles. The molecular formula is C18H18Cl2N4O. The van der Waals surface area contributed by atoms with E-state index in [1.807, 2.05) is 38.4 Å². The first-order chi connectivity index (χ1) is 11.8. The van der Waals surface area contributed by atoms with Gasteiger partial charge in [0, 0.05) is 32.9 Å². The lowest BCUT2D eigenvalue weighted by Crippen LogP contribution is -2.07. The van der Waals surface area contributed by atoms with Gasteiger partial charge >= 0.3 is 0 Å². The van der Waals surface area contributed by atoms with Crippen LogP contribution < -0.4 is 5.32 Å². The van der Waals surface area contributed by atoms with Crippen LogP contribution in [0, 0.1) is 0 Å². The van der Waals surface area contributed by atoms with Gasteiger partial charge in [0.05, 0.1) is 22.1 Å². The van der Waals surface area contributed by atoms with Crippen molar-refractivity contribution in [2.45, 2.75) is 6.92 Å². The number of benzene rings is 2. The van der Waals surface area contributed by atoms with Crippen LogP contribution in [0.4, 0.5) is 17.1 Å². The zero-order valence-electron chi connectivity index (χ0n) is 14.1. The van der Waals surface area contributed by atoms with Crippen molar-refractivity contribution in [3.8, 4) is 0 Å². The Morgan fingerprint density at radius 1 is 1.08 bits per heavy atom. The summed E-state index contributed by atoms with van der Waals surface area (Å²) in [5.74, 6) is -0.109. The van der Waals surface area contributed by atoms with Gasteiger partial charge in [-0.15, -0.1) is 0 Å². The first-order valence-corrected chi connectivity index (χ1v) is 8.22. The molecule has 0 atom stereocenters. The highest BCUT2D eigenvalue weighted by molar-refractivity contribution is 6.39. The topological polar surface area (TPSA) is 57.1 Å². The van der Waals surface area contributed by atoms with Crippen molar-refractivity contribution in [3.63, 3.8) is 0 Å². The minimum absolute atomic E-state index is 0.109. The molecule has 130 valence electrons. The maximum absolute atomic E-state index is 11.0. The minimum Gasteiger partial charge on any atom is -0.369 e. The monoisotopic (exact) mass is 376 g/mol. The van der Waals surface area contributed by atoms with Gasteiger partial charge in [0.25, 0.3) is 0 Å². The van der Waals surface area contributed by atoms with E-state index in [1.54, 1.807) is 29.6 Å². The quantitative estimate of drug-likeness (QED) is 0.594. The molecule has 0 aliphatic rings. The average Bonchev–Trinajstić information content (AvgIpc) is 2.52. The van der Waals surface area contributed by atoms with Crippen LogP contribution in [0.25, 0.3) is 0 Å². The summed E-state index contributed by atoms with van der Waals surface area (Å²) in [6.07, 6.45) is 3.33. The molecule has 5 nitrogen and oxygen atoms in total. The van der Waals surface area contributed by atoms with Crippen molar-refractivity contribution in [2.75, 3.05) is 19.4 Å². The van der Waals surface area contributed by atoms with Crippen LogP contribution in [0.5, 0.6) is 0 Å². The third kappa shape index (κ3) is 5.89. The third-order valence-electron chi connectivity index (χ3n) is 3.01. The van der Waals surface area contributed by atoms with Crippen LogP contribution in [-0.2, 0) is 4.79 Å². The molecule has 0 unspecified atom stereocenters. The number of hydrogen-bond donors (Lipinski definition) is 1. The molecular weight excluding hydrogens is 359 g/mol. The van der Waals surface area contributed by atoms with Crippen molar-refractivity contribution in [1.29, 1.82) is 0 Å². The number of carbonyl (C=O) groups is 1. The smallest absolute Gasteiger partial charge is 0.221 e. The standard InChI is InChI=1S/C18H18Cl2N4O/c1-12(25)23-14-6-4-13(5-7-14)10-21-15-8-16(19)18(17(20)9-15)22-11-24(2)3/h4-11H,1-3H3,(H,23,25). The number of carbonyl (C=O) groups excluding carboxylic acids is 1. The predicted octanol–water partition coefficient (Wildman–Crippen LogP) is 4.92. The molecule has 0 heterocycles. The van der Waals surface area contributed by atoms with Crippen LogP contribution in [0.2, 0.25) is 10.0 Å². The number of rotatable bonds is 5. The number of amides is 1. The van der Waals surface area contributed by atoms with E-state index in [4.69, 9.17) is 23.2 Å². The number of nitrogens with zero attached hydrogens (tertiary/aromatic N) is 3. The molecule has 0 spiro atoms. The third-order valence-corrected chi connectivity index (χ3v) is 3.59. The summed E-state index contributed by atoms with van der Waals surface area (Å²) in [6, 6.07) is 10.7. The van der Waals surface area contributed by atoms with Gasteiger partial charge < -0.3 is 10.2 Å². The Labute approximate surface area is 157 Å². The highest BCUT2D eigenvalue weighted by Crippen LogP contribution is 2.36. The number of halogens is 2. The number of aliphatic imine (C=N–C) groups is 2. The Morgan fingerprint density at radius 2 is 1.68 bits per heavy atom. The van der Waals surface area contributed by atoms with Crippen LogP contribution >= 0.6 is 23.2 Å². The average molecular weight is 377 g/mol. The van der Waals surface area contributed by atoms with Crippen molar-refractivity contribution in [1.82, 2.24) is 4.90 Å². The lowest BCUT2D eigenvalue weighted by Gasteiger charge is -2.06. The highest BCUT2D eigenvalue weighted by atomic mass is 35.5. The maximum Gasteiger partial charge on any atom is 0.221 e. The summed E-state index contributed by atoms with van der Waals surface area (Å²) in [5, 5.41) is 3.57. The van der Waals surface area contributed by atoms with E-state index < -0.39 is 0 Å². The first-order valence-electron chi connectivity index (χ1n) is 7.46. The molecule has 0 aliphatic carbocycles. The fourth-order valence-corrected chi connectivity index (χ4v) is 2.50. The Morgan fingerprint density at radius 3 is 2.20 bits per heavy atom. The van der Waals surface area contributed by atoms with Gasteiger partial charge in [0.15, 0.2) is 0 Å². The molecule has 0 aromatic heterocycles. The fourth-order valence-electron chi connectivity index (χ4n) is 1.93. The lowest BCUT2D eigenvalue weighted by molar-refractivity contribution is -0.114. The predicted molar refractivity (Wildman–Crippen MR) is 106 cm³/mol. The Bertz CT molecular complexity index is 791. The second-order valence-corrected chi connectivity index (χ2v) is 6.34. The SMILES string of the molecule is CC(=O)Nc1ccc(C=Nc2cc(Cl)c(N=CN(C)C)c(Cl)c2)cc1. The normalized spacial score (nSPS) is 11.2. The van der Waals surface area contributed by atoms with E-state index in [0.717, 1.165) is 11.3 Å². The van der Waals surface area contributed by atoms with Gasteiger partial charge in [-0.05, 0) is 29.8 Å². The molecule has 0 saturated carbocycles. The second-order valence-electron chi connectivity index (χ2n) is 5.53. The van der Waals surface area contributed by atoms with Crippen molar-refractivity contribution in [2.24, 2.45) is 9.98 Å². The summed E-state index contributed by atoms with van der Waals surface area (Å²) in [4.78, 5) is 21.4. The molecule has 2 rings (SSSR count). The molecule has 0 fully saturated rings. The van der Waals surface area contributed by atoms with E-state index >= 15 is 0 Å². The molecule has 1 amide bonds. The Balaban J connectivity index is 2.17. The number of nitrogens with one attached hydrogen (secondary N) is 1. The van der Waals surface area contributed by atoms with Gasteiger partial charge in [0.1, 0.15) is 5.69 Å². The zero-order valence-corrected chi connectivity index (χ0v) is 15.6. The summed E-state index contributed by atoms with van der Waals surface area (Å²) in [7, 11) is 3.72. The van der Waals surface area contributed by atoms with Gasteiger partial charge in [0.2, 0.25) is 5.91 Å². The summed E-state index contributed by atoms with van der Waals surface area (Å²) in [6.45, 7) is 1.47. The fraction of sp³-hybridized carbons (Fsp3) is 0.167. The van der Waals surface area contributed by atoms with E-state index in [1.165, 1.54) is 6.92 Å². The van der Waals surface area contributed by atoms with E-state index in [0.29, 0.717) is 21.4 Å². The Hall–Kier alpha value is -2.37. The maximum atomic E-state index is 11.0. The van der Waals surface area contributed by atoms with Crippen molar-refractivity contribution in [3.05, 3.63) is 52.0 Å². The first kappa shape index (κ1) is 19.0. The second kappa shape index (κ2) is 8.65. The molecule has 0 saturated heterocycles. The highest BCUT2D eigenvalue weighted by Gasteiger charge is 2.06. The van der Waals surface area contributed by atoms with Gasteiger partial charge in [-0.3, -0.25) is 9.79 Å². The minimum atomic E-state index is -0.109. The van der Waals surface area contributed by atoms with Crippen LogP contribution in [0.3, 0.4) is 0 Å². The van der Waals surface area contributed by atoms with Gasteiger partial charge in [-0.1, -0.05) is 35.3 Å². The van der Waals surface area contributed by atoms with E-state index in [-0.39, 0.29) is 5.91 Å². The molecule has 2 aromatic rings. The summed E-state index contributed by atoms with van der Waals surface area (Å²) >= 11 is 12.5.